The Bertz CT molecular complexity index is 559. The van der Waals surface area contributed by atoms with Gasteiger partial charge in [-0.2, -0.15) is 0 Å². The predicted molar refractivity (Wildman–Crippen MR) is 74.7 cm³/mol. The van der Waals surface area contributed by atoms with Gasteiger partial charge >= 0.3 is 0 Å². The van der Waals surface area contributed by atoms with E-state index in [2.05, 4.69) is 9.55 Å². The molecule has 1 aromatic heterocycles. The van der Waals surface area contributed by atoms with Gasteiger partial charge < -0.3 is 15.4 Å². The minimum absolute atomic E-state index is 0.513. The van der Waals surface area contributed by atoms with Crippen LogP contribution in [-0.4, -0.2) is 14.7 Å². The van der Waals surface area contributed by atoms with Gasteiger partial charge in [0.15, 0.2) is 0 Å². The number of aryl methyl sites for hydroxylation is 1. The number of aromatic nitrogens is 2. The van der Waals surface area contributed by atoms with E-state index in [0.29, 0.717) is 6.54 Å². The number of nitrogens with zero attached hydrogens (tertiary/aromatic N) is 2. The van der Waals surface area contributed by atoms with Gasteiger partial charge in [-0.15, -0.1) is 0 Å². The van der Waals surface area contributed by atoms with Crippen LogP contribution in [0.5, 0.6) is 0 Å². The van der Waals surface area contributed by atoms with Gasteiger partial charge in [0.1, 0.15) is 0 Å². The minimum atomic E-state index is -0.513. The molecule has 0 fully saturated rings. The lowest BCUT2D eigenvalue weighted by molar-refractivity contribution is 0.155. The highest BCUT2D eigenvalue weighted by Crippen LogP contribution is 2.23. The van der Waals surface area contributed by atoms with Crippen molar-refractivity contribution >= 4 is 5.69 Å². The first-order chi connectivity index (χ1) is 9.24. The van der Waals surface area contributed by atoms with E-state index in [4.69, 9.17) is 5.73 Å². The normalized spacial score (nSPS) is 16.1. The number of anilines is 1. The first-order valence-corrected chi connectivity index (χ1v) is 6.80. The molecule has 100 valence electrons. The van der Waals surface area contributed by atoms with Crippen LogP contribution >= 0.6 is 0 Å². The van der Waals surface area contributed by atoms with Crippen molar-refractivity contribution in [3.8, 4) is 0 Å². The third-order valence-corrected chi connectivity index (χ3v) is 3.80. The van der Waals surface area contributed by atoms with Gasteiger partial charge in [-0.05, 0) is 43.4 Å². The van der Waals surface area contributed by atoms with Crippen molar-refractivity contribution in [3.63, 3.8) is 0 Å². The molecule has 0 amide bonds. The SMILES string of the molecule is Nc1ccc(C(O)Cn2cnc3c2CCCC3)cc1. The quantitative estimate of drug-likeness (QED) is 0.827. The number of hydrogen-bond donors (Lipinski definition) is 2. The third-order valence-electron chi connectivity index (χ3n) is 3.80. The third kappa shape index (κ3) is 2.49. The molecule has 0 saturated heterocycles. The van der Waals surface area contributed by atoms with Crippen molar-refractivity contribution in [2.24, 2.45) is 0 Å². The maximum atomic E-state index is 10.3. The number of aliphatic hydroxyl groups is 1. The van der Waals surface area contributed by atoms with Gasteiger partial charge in [-0.3, -0.25) is 0 Å². The number of rotatable bonds is 3. The second kappa shape index (κ2) is 5.05. The fourth-order valence-corrected chi connectivity index (χ4v) is 2.70. The average molecular weight is 257 g/mol. The van der Waals surface area contributed by atoms with Crippen molar-refractivity contribution in [1.82, 2.24) is 9.55 Å². The Balaban J connectivity index is 1.77. The molecule has 0 spiro atoms. The van der Waals surface area contributed by atoms with Gasteiger partial charge in [0.05, 0.1) is 24.7 Å². The average Bonchev–Trinajstić information content (AvgIpc) is 2.83. The Labute approximate surface area is 112 Å². The molecule has 0 radical (unpaired) electrons. The van der Waals surface area contributed by atoms with Crippen LogP contribution in [0.2, 0.25) is 0 Å². The van der Waals surface area contributed by atoms with E-state index in [1.165, 1.54) is 24.2 Å². The highest BCUT2D eigenvalue weighted by Gasteiger charge is 2.17. The molecule has 4 heteroatoms. The molecular formula is C15H19N3O. The molecule has 1 unspecified atom stereocenters. The summed E-state index contributed by atoms with van der Waals surface area (Å²) in [6, 6.07) is 7.40. The van der Waals surface area contributed by atoms with Gasteiger partial charge in [0, 0.05) is 11.4 Å². The first kappa shape index (κ1) is 12.2. The molecule has 1 aliphatic carbocycles. The lowest BCUT2D eigenvalue weighted by Gasteiger charge is -2.17. The van der Waals surface area contributed by atoms with Crippen molar-refractivity contribution in [3.05, 3.63) is 47.5 Å². The summed E-state index contributed by atoms with van der Waals surface area (Å²) in [5.41, 5.74) is 9.77. The van der Waals surface area contributed by atoms with Crippen LogP contribution in [-0.2, 0) is 19.4 Å². The lowest BCUT2D eigenvalue weighted by atomic mass is 10.0. The van der Waals surface area contributed by atoms with E-state index in [0.717, 1.165) is 24.1 Å². The van der Waals surface area contributed by atoms with Crippen LogP contribution in [0.25, 0.3) is 0 Å². The monoisotopic (exact) mass is 257 g/mol. The Morgan fingerprint density at radius 2 is 1.95 bits per heavy atom. The van der Waals surface area contributed by atoms with Crippen LogP contribution in [0.15, 0.2) is 30.6 Å². The highest BCUT2D eigenvalue weighted by atomic mass is 16.3. The van der Waals surface area contributed by atoms with Gasteiger partial charge in [0.2, 0.25) is 0 Å². The minimum Gasteiger partial charge on any atom is -0.399 e. The highest BCUT2D eigenvalue weighted by molar-refractivity contribution is 5.39. The second-order valence-corrected chi connectivity index (χ2v) is 5.18. The van der Waals surface area contributed by atoms with E-state index < -0.39 is 6.10 Å². The van der Waals surface area contributed by atoms with Crippen molar-refractivity contribution < 1.29 is 5.11 Å². The first-order valence-electron chi connectivity index (χ1n) is 6.80. The van der Waals surface area contributed by atoms with Crippen LogP contribution in [0.4, 0.5) is 5.69 Å². The fraction of sp³-hybridized carbons (Fsp3) is 0.400. The fourth-order valence-electron chi connectivity index (χ4n) is 2.70. The number of hydrogen-bond acceptors (Lipinski definition) is 3. The number of nitrogens with two attached hydrogens (primary N) is 1. The molecule has 0 aliphatic heterocycles. The topological polar surface area (TPSA) is 64.1 Å². The van der Waals surface area contributed by atoms with Gasteiger partial charge in [-0.25, -0.2) is 4.98 Å². The van der Waals surface area contributed by atoms with Crippen molar-refractivity contribution in [2.45, 2.75) is 38.3 Å². The molecule has 2 aromatic rings. The number of aliphatic hydroxyl groups excluding tert-OH is 1. The van der Waals surface area contributed by atoms with Crippen LogP contribution in [0, 0.1) is 0 Å². The zero-order valence-electron chi connectivity index (χ0n) is 10.9. The van der Waals surface area contributed by atoms with E-state index in [1.54, 1.807) is 0 Å². The smallest absolute Gasteiger partial charge is 0.0969 e. The summed E-state index contributed by atoms with van der Waals surface area (Å²) < 4.78 is 2.09. The zero-order chi connectivity index (χ0) is 13.2. The molecular weight excluding hydrogens is 238 g/mol. The van der Waals surface area contributed by atoms with E-state index in [9.17, 15) is 5.11 Å². The summed E-state index contributed by atoms with van der Waals surface area (Å²) in [5.74, 6) is 0. The Morgan fingerprint density at radius 3 is 2.74 bits per heavy atom. The lowest BCUT2D eigenvalue weighted by Crippen LogP contribution is -2.13. The van der Waals surface area contributed by atoms with Crippen LogP contribution in [0.3, 0.4) is 0 Å². The molecule has 3 rings (SSSR count). The largest absolute Gasteiger partial charge is 0.399 e. The standard InChI is InChI=1S/C15H19N3O/c16-12-7-5-11(6-8-12)15(19)9-18-10-17-13-3-1-2-4-14(13)18/h5-8,10,15,19H,1-4,9,16H2. The molecule has 1 aromatic carbocycles. The maximum Gasteiger partial charge on any atom is 0.0969 e. The Hall–Kier alpha value is -1.81. The van der Waals surface area contributed by atoms with Crippen LogP contribution in [0.1, 0.15) is 35.9 Å². The summed E-state index contributed by atoms with van der Waals surface area (Å²) in [5, 5.41) is 10.3. The molecule has 1 heterocycles. The van der Waals surface area contributed by atoms with Crippen LogP contribution < -0.4 is 5.73 Å². The number of nitrogen functional groups attached to an aromatic ring is 1. The number of fused-ring (bicyclic) bond motifs is 1. The molecule has 19 heavy (non-hydrogen) atoms. The number of imidazole rings is 1. The molecule has 0 bridgehead atoms. The van der Waals surface area contributed by atoms with Crippen molar-refractivity contribution in [1.29, 1.82) is 0 Å². The molecule has 0 saturated carbocycles. The van der Waals surface area contributed by atoms with Gasteiger partial charge in [0.25, 0.3) is 0 Å². The van der Waals surface area contributed by atoms with E-state index in [1.807, 2.05) is 30.6 Å². The van der Waals surface area contributed by atoms with E-state index >= 15 is 0 Å². The summed E-state index contributed by atoms with van der Waals surface area (Å²) in [6.45, 7) is 0.562. The second-order valence-electron chi connectivity index (χ2n) is 5.18. The van der Waals surface area contributed by atoms with Gasteiger partial charge in [-0.1, -0.05) is 12.1 Å². The van der Waals surface area contributed by atoms with E-state index in [-0.39, 0.29) is 0 Å². The van der Waals surface area contributed by atoms with Crippen molar-refractivity contribution in [2.75, 3.05) is 5.73 Å². The summed E-state index contributed by atoms with van der Waals surface area (Å²) in [6.07, 6.45) is 5.93. The molecule has 1 atom stereocenters. The zero-order valence-corrected chi connectivity index (χ0v) is 10.9. The molecule has 1 aliphatic rings. The number of benzene rings is 1. The maximum absolute atomic E-state index is 10.3. The molecule has 4 nitrogen and oxygen atoms in total. The predicted octanol–water partition coefficient (Wildman–Crippen LogP) is 2.08. The summed E-state index contributed by atoms with van der Waals surface area (Å²) in [7, 11) is 0. The Kier molecular flexibility index (Phi) is 3.25. The summed E-state index contributed by atoms with van der Waals surface area (Å²) in [4.78, 5) is 4.45. The summed E-state index contributed by atoms with van der Waals surface area (Å²) >= 11 is 0. The molecule has 3 N–H and O–H groups in total. The Morgan fingerprint density at radius 1 is 1.21 bits per heavy atom.